The summed E-state index contributed by atoms with van der Waals surface area (Å²) in [4.78, 5) is 10.9. The number of carbonyl (C=O) groups is 1. The highest BCUT2D eigenvalue weighted by Gasteiger charge is 2.13. The van der Waals surface area contributed by atoms with Crippen LogP contribution < -0.4 is 4.74 Å². The van der Waals surface area contributed by atoms with Gasteiger partial charge in [0.05, 0.1) is 7.11 Å². The van der Waals surface area contributed by atoms with E-state index < -0.39 is 0 Å². The SMILES string of the molecule is COc1ccc(C)cc1-n1nnnc1SCCCC(C)=O. The van der Waals surface area contributed by atoms with Crippen LogP contribution in [0.5, 0.6) is 5.75 Å². The van der Waals surface area contributed by atoms with Gasteiger partial charge in [0.25, 0.3) is 0 Å². The van der Waals surface area contributed by atoms with Crippen molar-refractivity contribution in [3.63, 3.8) is 0 Å². The van der Waals surface area contributed by atoms with Crippen LogP contribution in [0.4, 0.5) is 0 Å². The number of hydrogen-bond acceptors (Lipinski definition) is 6. The number of rotatable bonds is 7. The molecule has 6 nitrogen and oxygen atoms in total. The van der Waals surface area contributed by atoms with E-state index in [2.05, 4.69) is 15.5 Å². The van der Waals surface area contributed by atoms with Gasteiger partial charge in [-0.25, -0.2) is 0 Å². The van der Waals surface area contributed by atoms with Crippen molar-refractivity contribution in [3.05, 3.63) is 23.8 Å². The van der Waals surface area contributed by atoms with Gasteiger partial charge in [0, 0.05) is 12.2 Å². The molecular weight excluding hydrogens is 288 g/mol. The van der Waals surface area contributed by atoms with E-state index >= 15 is 0 Å². The van der Waals surface area contributed by atoms with Gasteiger partial charge in [-0.1, -0.05) is 17.8 Å². The van der Waals surface area contributed by atoms with Crippen molar-refractivity contribution in [1.82, 2.24) is 20.2 Å². The van der Waals surface area contributed by atoms with E-state index in [0.717, 1.165) is 29.2 Å². The van der Waals surface area contributed by atoms with Gasteiger partial charge >= 0.3 is 0 Å². The van der Waals surface area contributed by atoms with Gasteiger partial charge in [-0.2, -0.15) is 4.68 Å². The molecule has 0 aliphatic rings. The number of carbonyl (C=O) groups excluding carboxylic acids is 1. The molecule has 0 fully saturated rings. The number of hydrogen-bond donors (Lipinski definition) is 0. The highest BCUT2D eigenvalue weighted by Crippen LogP contribution is 2.27. The van der Waals surface area contributed by atoms with Gasteiger partial charge in [0.1, 0.15) is 17.2 Å². The number of benzene rings is 1. The fraction of sp³-hybridized carbons (Fsp3) is 0.429. The fourth-order valence-corrected chi connectivity index (χ4v) is 2.69. The van der Waals surface area contributed by atoms with E-state index in [-0.39, 0.29) is 5.78 Å². The van der Waals surface area contributed by atoms with Gasteiger partial charge in [-0.15, -0.1) is 5.10 Å². The molecule has 0 aliphatic heterocycles. The average molecular weight is 306 g/mol. The lowest BCUT2D eigenvalue weighted by atomic mass is 10.2. The predicted molar refractivity (Wildman–Crippen MR) is 81.1 cm³/mol. The van der Waals surface area contributed by atoms with Gasteiger partial charge in [0.15, 0.2) is 0 Å². The largest absolute Gasteiger partial charge is 0.494 e. The number of methoxy groups -OCH3 is 1. The Labute approximate surface area is 127 Å². The Kier molecular flexibility index (Phi) is 5.32. The second-order valence-corrected chi connectivity index (χ2v) is 5.76. The van der Waals surface area contributed by atoms with Crippen LogP contribution in [0.15, 0.2) is 23.4 Å². The number of aromatic nitrogens is 4. The first-order chi connectivity index (χ1) is 10.1. The van der Waals surface area contributed by atoms with Crippen molar-refractivity contribution in [3.8, 4) is 11.4 Å². The Hall–Kier alpha value is -1.89. The van der Waals surface area contributed by atoms with Crippen LogP contribution >= 0.6 is 11.8 Å². The van der Waals surface area contributed by atoms with Gasteiger partial charge in [0.2, 0.25) is 5.16 Å². The number of nitrogens with zero attached hydrogens (tertiary/aromatic N) is 4. The summed E-state index contributed by atoms with van der Waals surface area (Å²) in [6.07, 6.45) is 1.40. The Morgan fingerprint density at radius 2 is 2.24 bits per heavy atom. The molecule has 0 amide bonds. The number of tetrazole rings is 1. The summed E-state index contributed by atoms with van der Waals surface area (Å²) in [5.41, 5.74) is 1.92. The number of ether oxygens (including phenoxy) is 1. The molecule has 0 unspecified atom stereocenters. The Bertz CT molecular complexity index is 627. The van der Waals surface area contributed by atoms with E-state index in [9.17, 15) is 4.79 Å². The topological polar surface area (TPSA) is 69.9 Å². The van der Waals surface area contributed by atoms with Crippen LogP contribution in [0.2, 0.25) is 0 Å². The minimum Gasteiger partial charge on any atom is -0.494 e. The number of ketones is 1. The minimum atomic E-state index is 0.204. The van der Waals surface area contributed by atoms with Gasteiger partial charge in [-0.3, -0.25) is 0 Å². The molecule has 1 aromatic heterocycles. The quantitative estimate of drug-likeness (QED) is 0.578. The molecular formula is C14H18N4O2S. The van der Waals surface area contributed by atoms with Crippen LogP contribution in [0, 0.1) is 6.92 Å². The summed E-state index contributed by atoms with van der Waals surface area (Å²) in [6, 6.07) is 5.86. The molecule has 0 spiro atoms. The minimum absolute atomic E-state index is 0.204. The number of thioether (sulfide) groups is 1. The van der Waals surface area contributed by atoms with E-state index in [4.69, 9.17) is 4.74 Å². The number of Topliss-reactive ketones (excluding diaryl/α,β-unsaturated/α-hetero) is 1. The van der Waals surface area contributed by atoms with Gasteiger partial charge < -0.3 is 9.53 Å². The van der Waals surface area contributed by atoms with Crippen molar-refractivity contribution in [2.75, 3.05) is 12.9 Å². The van der Waals surface area contributed by atoms with Crippen LogP contribution in [0.25, 0.3) is 5.69 Å². The summed E-state index contributed by atoms with van der Waals surface area (Å²) in [5, 5.41) is 12.5. The smallest absolute Gasteiger partial charge is 0.214 e. The van der Waals surface area contributed by atoms with Crippen molar-refractivity contribution < 1.29 is 9.53 Å². The molecule has 1 aromatic carbocycles. The lowest BCUT2D eigenvalue weighted by Crippen LogP contribution is -2.03. The maximum absolute atomic E-state index is 10.9. The standard InChI is InChI=1S/C14H18N4O2S/c1-10-6-7-13(20-3)12(9-10)18-14(15-16-17-18)21-8-4-5-11(2)19/h6-7,9H,4-5,8H2,1-3H3. The molecule has 0 saturated heterocycles. The summed E-state index contributed by atoms with van der Waals surface area (Å²) < 4.78 is 7.04. The molecule has 0 atom stereocenters. The molecule has 0 aliphatic carbocycles. The lowest BCUT2D eigenvalue weighted by Gasteiger charge is -2.10. The van der Waals surface area contributed by atoms with Crippen molar-refractivity contribution in [2.24, 2.45) is 0 Å². The summed E-state index contributed by atoms with van der Waals surface area (Å²) in [7, 11) is 1.62. The zero-order valence-electron chi connectivity index (χ0n) is 12.4. The monoisotopic (exact) mass is 306 g/mol. The molecule has 0 radical (unpaired) electrons. The molecule has 0 N–H and O–H groups in total. The second-order valence-electron chi connectivity index (χ2n) is 4.70. The average Bonchev–Trinajstić information content (AvgIpc) is 2.91. The Balaban J connectivity index is 2.16. The second kappa shape index (κ2) is 7.21. The van der Waals surface area contributed by atoms with Crippen molar-refractivity contribution >= 4 is 17.5 Å². The van der Waals surface area contributed by atoms with Gasteiger partial charge in [-0.05, 0) is 48.4 Å². The van der Waals surface area contributed by atoms with Crippen LogP contribution in [0.3, 0.4) is 0 Å². The maximum Gasteiger partial charge on any atom is 0.214 e. The van der Waals surface area contributed by atoms with Crippen LogP contribution in [0.1, 0.15) is 25.3 Å². The highest BCUT2D eigenvalue weighted by molar-refractivity contribution is 7.99. The summed E-state index contributed by atoms with van der Waals surface area (Å²) in [6.45, 7) is 3.61. The van der Waals surface area contributed by atoms with Crippen molar-refractivity contribution in [1.29, 1.82) is 0 Å². The molecule has 7 heteroatoms. The molecule has 0 bridgehead atoms. The predicted octanol–water partition coefficient (Wildman–Crippen LogP) is 2.44. The normalized spacial score (nSPS) is 10.6. The first kappa shape index (κ1) is 15.5. The summed E-state index contributed by atoms with van der Waals surface area (Å²) in [5.74, 6) is 1.72. The van der Waals surface area contributed by atoms with E-state index in [1.165, 1.54) is 11.8 Å². The first-order valence-corrected chi connectivity index (χ1v) is 7.66. The third kappa shape index (κ3) is 4.04. The molecule has 2 aromatic rings. The van der Waals surface area contributed by atoms with Crippen LogP contribution in [-0.2, 0) is 4.79 Å². The zero-order chi connectivity index (χ0) is 15.2. The number of aryl methyl sites for hydroxylation is 1. The molecule has 2 rings (SSSR count). The molecule has 112 valence electrons. The van der Waals surface area contributed by atoms with E-state index in [1.807, 2.05) is 25.1 Å². The first-order valence-electron chi connectivity index (χ1n) is 6.67. The highest BCUT2D eigenvalue weighted by atomic mass is 32.2. The van der Waals surface area contributed by atoms with Crippen LogP contribution in [-0.4, -0.2) is 38.9 Å². The molecule has 1 heterocycles. The Morgan fingerprint density at radius 3 is 2.95 bits per heavy atom. The molecule has 0 saturated carbocycles. The van der Waals surface area contributed by atoms with E-state index in [0.29, 0.717) is 11.6 Å². The Morgan fingerprint density at radius 1 is 1.43 bits per heavy atom. The third-order valence-corrected chi connectivity index (χ3v) is 3.91. The van der Waals surface area contributed by atoms with Crippen molar-refractivity contribution in [2.45, 2.75) is 31.8 Å². The van der Waals surface area contributed by atoms with E-state index in [1.54, 1.807) is 18.7 Å². The zero-order valence-corrected chi connectivity index (χ0v) is 13.2. The molecule has 21 heavy (non-hydrogen) atoms. The lowest BCUT2D eigenvalue weighted by molar-refractivity contribution is -0.117. The maximum atomic E-state index is 10.9. The summed E-state index contributed by atoms with van der Waals surface area (Å²) >= 11 is 1.53. The fourth-order valence-electron chi connectivity index (χ4n) is 1.87. The third-order valence-electron chi connectivity index (χ3n) is 2.91.